The van der Waals surface area contributed by atoms with Gasteiger partial charge in [0.1, 0.15) is 0 Å². The van der Waals surface area contributed by atoms with Crippen molar-refractivity contribution in [2.45, 2.75) is 45.4 Å². The Balaban J connectivity index is 1.82. The minimum atomic E-state index is 0.0216. The van der Waals surface area contributed by atoms with Crippen molar-refractivity contribution < 1.29 is 4.79 Å². The standard InChI is InChI=1S/C16H25NO/c1-3-5-17(4-2)15(18)16-9-12-6-13(10-16)8-14(7-12)11-16/h3,12-14H,1,4-11H2,2H3. The molecule has 100 valence electrons. The first-order valence-corrected chi connectivity index (χ1v) is 7.57. The van der Waals surface area contributed by atoms with Crippen molar-refractivity contribution in [1.29, 1.82) is 0 Å². The number of likely N-dealkylation sites (N-methyl/N-ethyl adjacent to an activating group) is 1. The van der Waals surface area contributed by atoms with E-state index in [1.807, 2.05) is 11.0 Å². The molecule has 0 aromatic rings. The molecule has 0 aromatic heterocycles. The van der Waals surface area contributed by atoms with E-state index < -0.39 is 0 Å². The van der Waals surface area contributed by atoms with Crippen LogP contribution >= 0.6 is 0 Å². The third-order valence-corrected chi connectivity index (χ3v) is 5.51. The van der Waals surface area contributed by atoms with Crippen LogP contribution in [0, 0.1) is 23.2 Å². The van der Waals surface area contributed by atoms with E-state index in [4.69, 9.17) is 0 Å². The van der Waals surface area contributed by atoms with Crippen molar-refractivity contribution >= 4 is 5.91 Å². The molecule has 0 unspecified atom stereocenters. The van der Waals surface area contributed by atoms with Crippen LogP contribution in [0.25, 0.3) is 0 Å². The molecule has 18 heavy (non-hydrogen) atoms. The van der Waals surface area contributed by atoms with Crippen LogP contribution in [0.15, 0.2) is 12.7 Å². The normalized spacial score (nSPS) is 40.8. The Hall–Kier alpha value is -0.790. The lowest BCUT2D eigenvalue weighted by Gasteiger charge is -2.56. The van der Waals surface area contributed by atoms with Crippen molar-refractivity contribution in [1.82, 2.24) is 4.90 Å². The van der Waals surface area contributed by atoms with Crippen LogP contribution in [0.2, 0.25) is 0 Å². The van der Waals surface area contributed by atoms with Gasteiger partial charge in [0.2, 0.25) is 5.91 Å². The smallest absolute Gasteiger partial charge is 0.229 e. The second-order valence-electron chi connectivity index (χ2n) is 6.83. The molecule has 4 saturated carbocycles. The zero-order chi connectivity index (χ0) is 12.8. The van der Waals surface area contributed by atoms with Gasteiger partial charge in [-0.05, 0) is 63.2 Å². The quantitative estimate of drug-likeness (QED) is 0.698. The summed E-state index contributed by atoms with van der Waals surface area (Å²) in [6.45, 7) is 7.41. The molecule has 0 radical (unpaired) electrons. The first-order valence-electron chi connectivity index (χ1n) is 7.57. The summed E-state index contributed by atoms with van der Waals surface area (Å²) in [6.07, 6.45) is 9.59. The maximum Gasteiger partial charge on any atom is 0.229 e. The monoisotopic (exact) mass is 247 g/mol. The molecular formula is C16H25NO. The zero-order valence-electron chi connectivity index (χ0n) is 11.5. The van der Waals surface area contributed by atoms with Crippen LogP contribution in [0.5, 0.6) is 0 Å². The highest BCUT2D eigenvalue weighted by atomic mass is 16.2. The Morgan fingerprint density at radius 3 is 2.11 bits per heavy atom. The van der Waals surface area contributed by atoms with Gasteiger partial charge in [-0.1, -0.05) is 6.08 Å². The summed E-state index contributed by atoms with van der Waals surface area (Å²) in [6, 6.07) is 0. The van der Waals surface area contributed by atoms with Gasteiger partial charge in [-0.3, -0.25) is 4.79 Å². The lowest BCUT2D eigenvalue weighted by atomic mass is 9.49. The van der Waals surface area contributed by atoms with Gasteiger partial charge < -0.3 is 4.90 Å². The highest BCUT2D eigenvalue weighted by molar-refractivity contribution is 5.83. The van der Waals surface area contributed by atoms with Crippen LogP contribution < -0.4 is 0 Å². The molecule has 4 aliphatic carbocycles. The number of rotatable bonds is 4. The summed E-state index contributed by atoms with van der Waals surface area (Å²) in [5, 5.41) is 0. The van der Waals surface area contributed by atoms with Gasteiger partial charge >= 0.3 is 0 Å². The molecule has 4 bridgehead atoms. The van der Waals surface area contributed by atoms with Gasteiger partial charge in [-0.25, -0.2) is 0 Å². The van der Waals surface area contributed by atoms with Gasteiger partial charge in [0, 0.05) is 13.1 Å². The van der Waals surface area contributed by atoms with Crippen LogP contribution in [-0.4, -0.2) is 23.9 Å². The maximum absolute atomic E-state index is 12.9. The lowest BCUT2D eigenvalue weighted by molar-refractivity contribution is -0.156. The van der Waals surface area contributed by atoms with Crippen molar-refractivity contribution in [3.63, 3.8) is 0 Å². The van der Waals surface area contributed by atoms with Crippen molar-refractivity contribution in [3.05, 3.63) is 12.7 Å². The number of carbonyl (C=O) groups excluding carboxylic acids is 1. The average Bonchev–Trinajstić information content (AvgIpc) is 2.33. The summed E-state index contributed by atoms with van der Waals surface area (Å²) in [5.74, 6) is 2.98. The maximum atomic E-state index is 12.9. The Morgan fingerprint density at radius 2 is 1.72 bits per heavy atom. The Morgan fingerprint density at radius 1 is 1.22 bits per heavy atom. The van der Waals surface area contributed by atoms with E-state index in [1.165, 1.54) is 38.5 Å². The van der Waals surface area contributed by atoms with Gasteiger partial charge in [-0.2, -0.15) is 0 Å². The molecule has 4 aliphatic rings. The average molecular weight is 247 g/mol. The van der Waals surface area contributed by atoms with E-state index in [0.29, 0.717) is 5.91 Å². The summed E-state index contributed by atoms with van der Waals surface area (Å²) in [5.41, 5.74) is 0.0216. The molecule has 1 amide bonds. The molecule has 0 N–H and O–H groups in total. The molecule has 0 atom stereocenters. The summed E-state index contributed by atoms with van der Waals surface area (Å²) in [7, 11) is 0. The van der Waals surface area contributed by atoms with E-state index >= 15 is 0 Å². The van der Waals surface area contributed by atoms with Gasteiger partial charge in [0.05, 0.1) is 5.41 Å². The molecular weight excluding hydrogens is 222 g/mol. The predicted octanol–water partition coefficient (Wildman–Crippen LogP) is 3.24. The van der Waals surface area contributed by atoms with Crippen LogP contribution in [-0.2, 0) is 4.79 Å². The second-order valence-corrected chi connectivity index (χ2v) is 6.83. The third kappa shape index (κ3) is 1.81. The highest BCUT2D eigenvalue weighted by Crippen LogP contribution is 2.60. The number of hydrogen-bond donors (Lipinski definition) is 0. The summed E-state index contributed by atoms with van der Waals surface area (Å²) in [4.78, 5) is 14.9. The van der Waals surface area contributed by atoms with E-state index in [2.05, 4.69) is 13.5 Å². The minimum Gasteiger partial charge on any atom is -0.339 e. The third-order valence-electron chi connectivity index (χ3n) is 5.51. The van der Waals surface area contributed by atoms with E-state index in [9.17, 15) is 4.79 Å². The predicted molar refractivity (Wildman–Crippen MR) is 73.1 cm³/mol. The largest absolute Gasteiger partial charge is 0.339 e. The van der Waals surface area contributed by atoms with Crippen molar-refractivity contribution in [2.24, 2.45) is 23.2 Å². The van der Waals surface area contributed by atoms with E-state index in [0.717, 1.165) is 30.8 Å². The zero-order valence-corrected chi connectivity index (χ0v) is 11.5. The molecule has 0 aliphatic heterocycles. The minimum absolute atomic E-state index is 0.0216. The Labute approximate surface area is 110 Å². The lowest BCUT2D eigenvalue weighted by Crippen LogP contribution is -2.54. The van der Waals surface area contributed by atoms with Gasteiger partial charge in [0.25, 0.3) is 0 Å². The van der Waals surface area contributed by atoms with E-state index in [-0.39, 0.29) is 5.41 Å². The number of carbonyl (C=O) groups is 1. The topological polar surface area (TPSA) is 20.3 Å². The highest BCUT2D eigenvalue weighted by Gasteiger charge is 2.55. The first-order chi connectivity index (χ1) is 8.66. The molecule has 2 nitrogen and oxygen atoms in total. The van der Waals surface area contributed by atoms with Crippen LogP contribution in [0.3, 0.4) is 0 Å². The van der Waals surface area contributed by atoms with Crippen LogP contribution in [0.1, 0.15) is 45.4 Å². The van der Waals surface area contributed by atoms with E-state index in [1.54, 1.807) is 0 Å². The fourth-order valence-corrected chi connectivity index (χ4v) is 5.22. The summed E-state index contributed by atoms with van der Waals surface area (Å²) < 4.78 is 0. The van der Waals surface area contributed by atoms with Gasteiger partial charge in [0.15, 0.2) is 0 Å². The molecule has 0 spiro atoms. The molecule has 0 saturated heterocycles. The Kier molecular flexibility index (Phi) is 2.99. The second kappa shape index (κ2) is 4.40. The molecule has 4 rings (SSSR count). The first kappa shape index (κ1) is 12.3. The molecule has 0 aromatic carbocycles. The van der Waals surface area contributed by atoms with Gasteiger partial charge in [-0.15, -0.1) is 6.58 Å². The molecule has 0 heterocycles. The molecule has 2 heteroatoms. The number of hydrogen-bond acceptors (Lipinski definition) is 1. The Bertz CT molecular complexity index is 325. The number of amides is 1. The fraction of sp³-hybridized carbons (Fsp3) is 0.812. The SMILES string of the molecule is C=CCN(CC)C(=O)C12CC3CC(CC(C3)C1)C2. The van der Waals surface area contributed by atoms with Crippen molar-refractivity contribution in [3.8, 4) is 0 Å². The van der Waals surface area contributed by atoms with Crippen molar-refractivity contribution in [2.75, 3.05) is 13.1 Å². The summed E-state index contributed by atoms with van der Waals surface area (Å²) >= 11 is 0. The molecule has 4 fully saturated rings. The fourth-order valence-electron chi connectivity index (χ4n) is 5.22. The number of nitrogens with zero attached hydrogens (tertiary/aromatic N) is 1. The van der Waals surface area contributed by atoms with Crippen LogP contribution in [0.4, 0.5) is 0 Å².